The molecule has 1 aliphatic heterocycles. The van der Waals surface area contributed by atoms with Crippen molar-refractivity contribution in [2.24, 2.45) is 0 Å². The van der Waals surface area contributed by atoms with Gasteiger partial charge >= 0.3 is 0 Å². The quantitative estimate of drug-likeness (QED) is 0.788. The lowest BCUT2D eigenvalue weighted by molar-refractivity contribution is -0.142. The highest BCUT2D eigenvalue weighted by atomic mass is 16.5. The van der Waals surface area contributed by atoms with Gasteiger partial charge in [-0.2, -0.15) is 0 Å². The van der Waals surface area contributed by atoms with E-state index in [1.807, 2.05) is 35.2 Å². The maximum Gasteiger partial charge on any atom is 0.226 e. The molecular weight excluding hydrogens is 258 g/mol. The fourth-order valence-electron chi connectivity index (χ4n) is 2.23. The normalized spacial score (nSPS) is 18.9. The summed E-state index contributed by atoms with van der Waals surface area (Å²) in [5.41, 5.74) is 0. The van der Waals surface area contributed by atoms with Crippen LogP contribution in [-0.2, 0) is 14.3 Å². The van der Waals surface area contributed by atoms with Gasteiger partial charge in [0.2, 0.25) is 5.91 Å². The van der Waals surface area contributed by atoms with Crippen LogP contribution in [0.15, 0.2) is 30.3 Å². The van der Waals surface area contributed by atoms with Gasteiger partial charge in [0.05, 0.1) is 38.9 Å². The van der Waals surface area contributed by atoms with Crippen molar-refractivity contribution in [3.05, 3.63) is 30.3 Å². The van der Waals surface area contributed by atoms with Crippen LogP contribution >= 0.6 is 0 Å². The highest BCUT2D eigenvalue weighted by Gasteiger charge is 2.26. The first kappa shape index (κ1) is 14.8. The molecule has 110 valence electrons. The Bertz CT molecular complexity index is 408. The summed E-state index contributed by atoms with van der Waals surface area (Å²) in [6, 6.07) is 9.53. The van der Waals surface area contributed by atoms with Gasteiger partial charge in [0.25, 0.3) is 0 Å². The number of hydrogen-bond acceptors (Lipinski definition) is 4. The van der Waals surface area contributed by atoms with E-state index >= 15 is 0 Å². The first-order valence-electron chi connectivity index (χ1n) is 6.85. The number of methoxy groups -OCH3 is 1. The van der Waals surface area contributed by atoms with Gasteiger partial charge in [0.15, 0.2) is 0 Å². The summed E-state index contributed by atoms with van der Waals surface area (Å²) < 4.78 is 16.1. The van der Waals surface area contributed by atoms with E-state index < -0.39 is 0 Å². The second-order valence-corrected chi connectivity index (χ2v) is 4.68. The lowest BCUT2D eigenvalue weighted by Gasteiger charge is -2.35. The maximum absolute atomic E-state index is 12.2. The van der Waals surface area contributed by atoms with E-state index in [2.05, 4.69) is 0 Å². The van der Waals surface area contributed by atoms with Crippen molar-refractivity contribution in [3.63, 3.8) is 0 Å². The minimum Gasteiger partial charge on any atom is -0.493 e. The molecule has 5 heteroatoms. The van der Waals surface area contributed by atoms with Crippen LogP contribution < -0.4 is 4.74 Å². The third kappa shape index (κ3) is 4.21. The number of morpholine rings is 1. The average molecular weight is 279 g/mol. The molecule has 0 saturated carbocycles. The Balaban J connectivity index is 1.78. The van der Waals surface area contributed by atoms with E-state index in [-0.39, 0.29) is 11.9 Å². The monoisotopic (exact) mass is 279 g/mol. The minimum absolute atomic E-state index is 0.0120. The summed E-state index contributed by atoms with van der Waals surface area (Å²) in [5, 5.41) is 0. The molecule has 0 radical (unpaired) electrons. The number of para-hydroxylation sites is 1. The summed E-state index contributed by atoms with van der Waals surface area (Å²) in [5.74, 6) is 0.877. The van der Waals surface area contributed by atoms with Crippen LogP contribution in [0.5, 0.6) is 5.75 Å². The van der Waals surface area contributed by atoms with Crippen LogP contribution in [0.1, 0.15) is 6.42 Å². The molecule has 1 unspecified atom stereocenters. The molecule has 1 atom stereocenters. The number of rotatable bonds is 6. The molecule has 1 aromatic rings. The van der Waals surface area contributed by atoms with Crippen LogP contribution in [-0.4, -0.2) is 56.9 Å². The molecule has 0 bridgehead atoms. The maximum atomic E-state index is 12.2. The molecule has 0 spiro atoms. The lowest BCUT2D eigenvalue weighted by Crippen LogP contribution is -2.51. The van der Waals surface area contributed by atoms with Crippen molar-refractivity contribution in [2.75, 3.05) is 40.1 Å². The van der Waals surface area contributed by atoms with Crippen molar-refractivity contribution < 1.29 is 19.0 Å². The van der Waals surface area contributed by atoms with Gasteiger partial charge in [0.1, 0.15) is 5.75 Å². The molecule has 20 heavy (non-hydrogen) atoms. The SMILES string of the molecule is COCC1COCCN1C(=O)CCOc1ccccc1. The molecule has 1 saturated heterocycles. The van der Waals surface area contributed by atoms with Gasteiger partial charge in [-0.15, -0.1) is 0 Å². The molecule has 0 N–H and O–H groups in total. The predicted molar refractivity (Wildman–Crippen MR) is 74.8 cm³/mol. The van der Waals surface area contributed by atoms with Gasteiger partial charge in [-0.3, -0.25) is 4.79 Å². The van der Waals surface area contributed by atoms with E-state index in [0.717, 1.165) is 5.75 Å². The summed E-state index contributed by atoms with van der Waals surface area (Å²) in [6.07, 6.45) is 0.370. The number of benzene rings is 1. The lowest BCUT2D eigenvalue weighted by atomic mass is 10.2. The summed E-state index contributed by atoms with van der Waals surface area (Å²) >= 11 is 0. The number of amides is 1. The van der Waals surface area contributed by atoms with Crippen LogP contribution in [0, 0.1) is 0 Å². The van der Waals surface area contributed by atoms with Gasteiger partial charge < -0.3 is 19.1 Å². The first-order chi connectivity index (χ1) is 9.81. The molecule has 2 rings (SSSR count). The number of hydrogen-bond donors (Lipinski definition) is 0. The molecule has 1 fully saturated rings. The molecule has 0 aromatic heterocycles. The topological polar surface area (TPSA) is 48.0 Å². The Hall–Kier alpha value is -1.59. The molecule has 1 aliphatic rings. The Morgan fingerprint density at radius 1 is 1.40 bits per heavy atom. The third-order valence-electron chi connectivity index (χ3n) is 3.23. The van der Waals surface area contributed by atoms with E-state index in [1.165, 1.54) is 0 Å². The summed E-state index contributed by atoms with van der Waals surface area (Å²) in [7, 11) is 1.63. The van der Waals surface area contributed by atoms with Gasteiger partial charge in [-0.25, -0.2) is 0 Å². The number of ether oxygens (including phenoxy) is 3. The average Bonchev–Trinajstić information content (AvgIpc) is 2.49. The van der Waals surface area contributed by atoms with Gasteiger partial charge in [-0.05, 0) is 12.1 Å². The largest absolute Gasteiger partial charge is 0.493 e. The van der Waals surface area contributed by atoms with Crippen molar-refractivity contribution in [1.29, 1.82) is 0 Å². The van der Waals surface area contributed by atoms with E-state index in [4.69, 9.17) is 14.2 Å². The zero-order chi connectivity index (χ0) is 14.2. The van der Waals surface area contributed by atoms with Crippen molar-refractivity contribution in [2.45, 2.75) is 12.5 Å². The standard InChI is InChI=1S/C15H21NO4/c1-18-11-13-12-19-10-8-16(13)15(17)7-9-20-14-5-3-2-4-6-14/h2-6,13H,7-12H2,1H3. The summed E-state index contributed by atoms with van der Waals surface area (Å²) in [4.78, 5) is 14.0. The molecule has 1 heterocycles. The summed E-state index contributed by atoms with van der Waals surface area (Å²) in [6.45, 7) is 2.65. The fraction of sp³-hybridized carbons (Fsp3) is 0.533. The highest BCUT2D eigenvalue weighted by molar-refractivity contribution is 5.76. The molecule has 1 aromatic carbocycles. The number of nitrogens with zero attached hydrogens (tertiary/aromatic N) is 1. The Labute approximate surface area is 119 Å². The highest BCUT2D eigenvalue weighted by Crippen LogP contribution is 2.11. The number of carbonyl (C=O) groups excluding carboxylic acids is 1. The number of carbonyl (C=O) groups is 1. The van der Waals surface area contributed by atoms with E-state index in [9.17, 15) is 4.79 Å². The van der Waals surface area contributed by atoms with Crippen LogP contribution in [0.2, 0.25) is 0 Å². The molecule has 1 amide bonds. The Morgan fingerprint density at radius 3 is 2.95 bits per heavy atom. The van der Waals surface area contributed by atoms with E-state index in [1.54, 1.807) is 7.11 Å². The van der Waals surface area contributed by atoms with Gasteiger partial charge in [-0.1, -0.05) is 18.2 Å². The van der Waals surface area contributed by atoms with Crippen LogP contribution in [0.25, 0.3) is 0 Å². The molecule has 5 nitrogen and oxygen atoms in total. The smallest absolute Gasteiger partial charge is 0.226 e. The zero-order valence-electron chi connectivity index (χ0n) is 11.8. The predicted octanol–water partition coefficient (Wildman–Crippen LogP) is 1.33. The van der Waals surface area contributed by atoms with Crippen LogP contribution in [0.3, 0.4) is 0 Å². The van der Waals surface area contributed by atoms with E-state index in [0.29, 0.717) is 39.4 Å². The third-order valence-corrected chi connectivity index (χ3v) is 3.23. The van der Waals surface area contributed by atoms with Crippen molar-refractivity contribution >= 4 is 5.91 Å². The minimum atomic E-state index is 0.0120. The van der Waals surface area contributed by atoms with Crippen LogP contribution in [0.4, 0.5) is 0 Å². The Kier molecular flexibility index (Phi) is 5.83. The van der Waals surface area contributed by atoms with Crippen molar-refractivity contribution in [1.82, 2.24) is 4.90 Å². The zero-order valence-corrected chi connectivity index (χ0v) is 11.8. The first-order valence-corrected chi connectivity index (χ1v) is 6.85. The molecular formula is C15H21NO4. The van der Waals surface area contributed by atoms with Crippen molar-refractivity contribution in [3.8, 4) is 5.75 Å². The van der Waals surface area contributed by atoms with Gasteiger partial charge in [0, 0.05) is 13.7 Å². The second-order valence-electron chi connectivity index (χ2n) is 4.68. The Morgan fingerprint density at radius 2 is 2.20 bits per heavy atom. The molecule has 0 aliphatic carbocycles. The second kappa shape index (κ2) is 7.87. The fourth-order valence-corrected chi connectivity index (χ4v) is 2.23.